The average Bonchev–Trinajstić information content (AvgIpc) is 2.53. The number of rotatable bonds is 11. The maximum absolute atomic E-state index is 9.85. The molecule has 0 bridgehead atoms. The molecule has 21 heavy (non-hydrogen) atoms. The number of methoxy groups -OCH3 is 1. The van der Waals surface area contributed by atoms with E-state index in [0.717, 1.165) is 19.6 Å². The summed E-state index contributed by atoms with van der Waals surface area (Å²) in [6, 6.07) is 7.37. The third-order valence-corrected chi connectivity index (χ3v) is 3.26. The van der Waals surface area contributed by atoms with Crippen molar-refractivity contribution in [3.8, 4) is 11.5 Å². The molecule has 0 aromatic heterocycles. The molecular weight excluding hydrogens is 270 g/mol. The van der Waals surface area contributed by atoms with E-state index < -0.39 is 6.10 Å². The third kappa shape index (κ3) is 6.80. The Morgan fingerprint density at radius 2 is 1.76 bits per heavy atom. The van der Waals surface area contributed by atoms with Crippen molar-refractivity contribution in [2.45, 2.75) is 20.0 Å². The van der Waals surface area contributed by atoms with Crippen molar-refractivity contribution in [1.29, 1.82) is 0 Å². The molecule has 0 aliphatic rings. The number of hydrogen-bond donors (Lipinski definition) is 1. The smallest absolute Gasteiger partial charge is 0.161 e. The van der Waals surface area contributed by atoms with Gasteiger partial charge in [0.2, 0.25) is 0 Å². The standard InChI is InChI=1S/C16H27NO4/c1-4-17(5-2)10-11-20-12-14(18)13-21-16-9-7-6-8-15(16)19-3/h6-9,14,18H,4-5,10-13H2,1-3H3. The van der Waals surface area contributed by atoms with Gasteiger partial charge in [0.25, 0.3) is 0 Å². The first kappa shape index (κ1) is 17.8. The minimum Gasteiger partial charge on any atom is -0.493 e. The summed E-state index contributed by atoms with van der Waals surface area (Å²) in [5.74, 6) is 1.29. The maximum atomic E-state index is 9.85. The monoisotopic (exact) mass is 297 g/mol. The van der Waals surface area contributed by atoms with Crippen LogP contribution in [0.2, 0.25) is 0 Å². The van der Waals surface area contributed by atoms with Crippen LogP contribution >= 0.6 is 0 Å². The maximum Gasteiger partial charge on any atom is 0.161 e. The first-order chi connectivity index (χ1) is 10.2. The van der Waals surface area contributed by atoms with Gasteiger partial charge >= 0.3 is 0 Å². The molecule has 5 nitrogen and oxygen atoms in total. The van der Waals surface area contributed by atoms with Crippen molar-refractivity contribution in [2.75, 3.05) is 46.6 Å². The van der Waals surface area contributed by atoms with Gasteiger partial charge in [0.05, 0.1) is 20.3 Å². The van der Waals surface area contributed by atoms with Crippen LogP contribution in [0.25, 0.3) is 0 Å². The zero-order valence-electron chi connectivity index (χ0n) is 13.2. The Morgan fingerprint density at radius 3 is 2.38 bits per heavy atom. The van der Waals surface area contributed by atoms with E-state index in [2.05, 4.69) is 18.7 Å². The molecule has 0 heterocycles. The Hall–Kier alpha value is -1.30. The van der Waals surface area contributed by atoms with E-state index in [4.69, 9.17) is 14.2 Å². The lowest BCUT2D eigenvalue weighted by Gasteiger charge is -2.19. The number of benzene rings is 1. The topological polar surface area (TPSA) is 51.2 Å². The van der Waals surface area contributed by atoms with E-state index >= 15 is 0 Å². The summed E-state index contributed by atoms with van der Waals surface area (Å²) in [5.41, 5.74) is 0. The van der Waals surface area contributed by atoms with Crippen molar-refractivity contribution in [1.82, 2.24) is 4.90 Å². The van der Waals surface area contributed by atoms with E-state index in [1.54, 1.807) is 7.11 Å². The van der Waals surface area contributed by atoms with Gasteiger partial charge in [-0.25, -0.2) is 0 Å². The van der Waals surface area contributed by atoms with Crippen LogP contribution in [0, 0.1) is 0 Å². The molecule has 1 unspecified atom stereocenters. The van der Waals surface area contributed by atoms with Crippen molar-refractivity contribution < 1.29 is 19.3 Å². The highest BCUT2D eigenvalue weighted by Gasteiger charge is 2.08. The highest BCUT2D eigenvalue weighted by Crippen LogP contribution is 2.25. The molecule has 1 aromatic rings. The molecule has 1 atom stereocenters. The average molecular weight is 297 g/mol. The molecule has 1 rings (SSSR count). The van der Waals surface area contributed by atoms with Crippen LogP contribution in [-0.2, 0) is 4.74 Å². The Morgan fingerprint density at radius 1 is 1.10 bits per heavy atom. The quantitative estimate of drug-likeness (QED) is 0.631. The SMILES string of the molecule is CCN(CC)CCOCC(O)COc1ccccc1OC. The second kappa shape index (κ2) is 10.4. The molecule has 0 spiro atoms. The van der Waals surface area contributed by atoms with E-state index in [1.807, 2.05) is 24.3 Å². The van der Waals surface area contributed by atoms with Gasteiger partial charge in [-0.3, -0.25) is 0 Å². The first-order valence-electron chi connectivity index (χ1n) is 7.45. The van der Waals surface area contributed by atoms with Gasteiger partial charge in [-0.1, -0.05) is 26.0 Å². The molecule has 0 radical (unpaired) electrons. The minimum absolute atomic E-state index is 0.186. The summed E-state index contributed by atoms with van der Waals surface area (Å²) >= 11 is 0. The Kier molecular flexibility index (Phi) is 8.82. The largest absolute Gasteiger partial charge is 0.493 e. The van der Waals surface area contributed by atoms with Crippen LogP contribution in [0.4, 0.5) is 0 Å². The Bertz CT molecular complexity index is 382. The zero-order valence-corrected chi connectivity index (χ0v) is 13.2. The van der Waals surface area contributed by atoms with Gasteiger partial charge in [-0.2, -0.15) is 0 Å². The lowest BCUT2D eigenvalue weighted by molar-refractivity contribution is 0.00588. The normalized spacial score (nSPS) is 12.4. The van der Waals surface area contributed by atoms with E-state index in [-0.39, 0.29) is 13.2 Å². The van der Waals surface area contributed by atoms with Crippen molar-refractivity contribution in [3.63, 3.8) is 0 Å². The van der Waals surface area contributed by atoms with Crippen LogP contribution in [0.5, 0.6) is 11.5 Å². The second-order valence-electron chi connectivity index (χ2n) is 4.72. The van der Waals surface area contributed by atoms with Gasteiger partial charge < -0.3 is 24.2 Å². The number of likely N-dealkylation sites (N-methyl/N-ethyl adjacent to an activating group) is 1. The molecule has 0 amide bonds. The van der Waals surface area contributed by atoms with Gasteiger partial charge in [0.1, 0.15) is 12.7 Å². The lowest BCUT2D eigenvalue weighted by atomic mass is 10.3. The summed E-state index contributed by atoms with van der Waals surface area (Å²) in [6.45, 7) is 8.24. The molecule has 0 saturated carbocycles. The summed E-state index contributed by atoms with van der Waals surface area (Å²) in [7, 11) is 1.59. The van der Waals surface area contributed by atoms with Crippen LogP contribution < -0.4 is 9.47 Å². The van der Waals surface area contributed by atoms with Crippen molar-refractivity contribution in [3.05, 3.63) is 24.3 Å². The van der Waals surface area contributed by atoms with Gasteiger partial charge in [0.15, 0.2) is 11.5 Å². The molecule has 5 heteroatoms. The van der Waals surface area contributed by atoms with Crippen molar-refractivity contribution >= 4 is 0 Å². The number of para-hydroxylation sites is 2. The molecular formula is C16H27NO4. The molecule has 120 valence electrons. The number of aliphatic hydroxyl groups excluding tert-OH is 1. The fourth-order valence-corrected chi connectivity index (χ4v) is 1.92. The summed E-state index contributed by atoms with van der Waals surface area (Å²) < 4.78 is 16.2. The van der Waals surface area contributed by atoms with Crippen LogP contribution in [0.1, 0.15) is 13.8 Å². The minimum atomic E-state index is -0.647. The molecule has 0 aliphatic heterocycles. The molecule has 0 fully saturated rings. The number of ether oxygens (including phenoxy) is 3. The Balaban J connectivity index is 2.20. The summed E-state index contributed by atoms with van der Waals surface area (Å²) in [6.07, 6.45) is -0.647. The van der Waals surface area contributed by atoms with E-state index in [9.17, 15) is 5.11 Å². The van der Waals surface area contributed by atoms with E-state index in [0.29, 0.717) is 18.1 Å². The number of nitrogens with zero attached hydrogens (tertiary/aromatic N) is 1. The summed E-state index contributed by atoms with van der Waals surface area (Å²) in [5, 5.41) is 9.85. The fourth-order valence-electron chi connectivity index (χ4n) is 1.92. The third-order valence-electron chi connectivity index (χ3n) is 3.26. The summed E-state index contributed by atoms with van der Waals surface area (Å²) in [4.78, 5) is 2.28. The van der Waals surface area contributed by atoms with Crippen LogP contribution in [-0.4, -0.2) is 62.7 Å². The van der Waals surface area contributed by atoms with E-state index in [1.165, 1.54) is 0 Å². The van der Waals surface area contributed by atoms with Crippen LogP contribution in [0.15, 0.2) is 24.3 Å². The predicted molar refractivity (Wildman–Crippen MR) is 83.1 cm³/mol. The first-order valence-corrected chi connectivity index (χ1v) is 7.45. The second-order valence-corrected chi connectivity index (χ2v) is 4.72. The Labute approximate surface area is 127 Å². The molecule has 0 aliphatic carbocycles. The molecule has 1 N–H and O–H groups in total. The predicted octanol–water partition coefficient (Wildman–Crippen LogP) is 1.79. The lowest BCUT2D eigenvalue weighted by Crippen LogP contribution is -2.29. The number of aliphatic hydroxyl groups is 1. The molecule has 0 saturated heterocycles. The zero-order chi connectivity index (χ0) is 15.5. The highest BCUT2D eigenvalue weighted by molar-refractivity contribution is 5.39. The van der Waals surface area contributed by atoms with Crippen LogP contribution in [0.3, 0.4) is 0 Å². The number of hydrogen-bond acceptors (Lipinski definition) is 5. The fraction of sp³-hybridized carbons (Fsp3) is 0.625. The van der Waals surface area contributed by atoms with Gasteiger partial charge in [0, 0.05) is 6.54 Å². The molecule has 1 aromatic carbocycles. The van der Waals surface area contributed by atoms with Crippen molar-refractivity contribution in [2.24, 2.45) is 0 Å². The van der Waals surface area contributed by atoms with Gasteiger partial charge in [-0.15, -0.1) is 0 Å². The highest BCUT2D eigenvalue weighted by atomic mass is 16.5. The van der Waals surface area contributed by atoms with Gasteiger partial charge in [-0.05, 0) is 25.2 Å².